The fraction of sp³-hybridized carbons (Fsp3) is 0.500. The van der Waals surface area contributed by atoms with Crippen LogP contribution in [0.3, 0.4) is 0 Å². The number of halogens is 1. The van der Waals surface area contributed by atoms with Crippen LogP contribution in [0.5, 0.6) is 0 Å². The van der Waals surface area contributed by atoms with Gasteiger partial charge in [0.05, 0.1) is 6.61 Å². The molecule has 13 heavy (non-hydrogen) atoms. The van der Waals surface area contributed by atoms with Crippen LogP contribution in [0.15, 0.2) is 16.7 Å². The summed E-state index contributed by atoms with van der Waals surface area (Å²) in [4.78, 5) is 4.27. The van der Waals surface area contributed by atoms with Crippen molar-refractivity contribution < 1.29 is 5.11 Å². The van der Waals surface area contributed by atoms with Crippen molar-refractivity contribution in [2.75, 3.05) is 6.61 Å². The highest BCUT2D eigenvalue weighted by atomic mass is 79.9. The van der Waals surface area contributed by atoms with Gasteiger partial charge in [0.25, 0.3) is 0 Å². The average Bonchev–Trinajstić information content (AvgIpc) is 2.09. The molecule has 0 fully saturated rings. The third-order valence-corrected chi connectivity index (χ3v) is 2.97. The predicted octanol–water partition coefficient (Wildman–Crippen LogP) is 2.42. The molecule has 0 aliphatic carbocycles. The Hall–Kier alpha value is -0.410. The summed E-state index contributed by atoms with van der Waals surface area (Å²) in [6.45, 7) is 6.08. The average molecular weight is 244 g/mol. The molecule has 2 nitrogen and oxygen atoms in total. The molecule has 0 saturated heterocycles. The van der Waals surface area contributed by atoms with E-state index in [1.165, 1.54) is 0 Å². The van der Waals surface area contributed by atoms with Crippen LogP contribution in [0.2, 0.25) is 0 Å². The lowest BCUT2D eigenvalue weighted by atomic mass is 9.89. The van der Waals surface area contributed by atoms with Gasteiger partial charge in [-0.1, -0.05) is 13.8 Å². The molecule has 0 atom stereocenters. The second-order valence-electron chi connectivity index (χ2n) is 3.86. The molecule has 0 aliphatic rings. The SMILES string of the molecule is Cc1cc(C(C)(C)CO)ncc1Br. The number of nitrogens with zero attached hydrogens (tertiary/aromatic N) is 1. The van der Waals surface area contributed by atoms with Crippen LogP contribution in [0.1, 0.15) is 25.1 Å². The molecule has 0 bridgehead atoms. The number of pyridine rings is 1. The number of rotatable bonds is 2. The van der Waals surface area contributed by atoms with Crippen LogP contribution in [0.25, 0.3) is 0 Å². The molecule has 0 aromatic carbocycles. The van der Waals surface area contributed by atoms with Crippen molar-refractivity contribution in [2.45, 2.75) is 26.2 Å². The molecule has 0 saturated carbocycles. The van der Waals surface area contributed by atoms with E-state index in [1.807, 2.05) is 26.8 Å². The van der Waals surface area contributed by atoms with Gasteiger partial charge in [0.2, 0.25) is 0 Å². The summed E-state index contributed by atoms with van der Waals surface area (Å²) in [6, 6.07) is 2.00. The third-order valence-electron chi connectivity index (χ3n) is 2.14. The standard InChI is InChI=1S/C10H14BrNO/c1-7-4-9(10(2,3)6-13)12-5-8(7)11/h4-5,13H,6H2,1-3H3. The van der Waals surface area contributed by atoms with Gasteiger partial charge in [-0.2, -0.15) is 0 Å². The molecule has 0 radical (unpaired) electrons. The molecule has 1 rings (SSSR count). The fourth-order valence-electron chi connectivity index (χ4n) is 0.990. The number of hydrogen-bond acceptors (Lipinski definition) is 2. The Morgan fingerprint density at radius 2 is 2.15 bits per heavy atom. The summed E-state index contributed by atoms with van der Waals surface area (Å²) in [5.74, 6) is 0. The third kappa shape index (κ3) is 2.29. The first-order valence-electron chi connectivity index (χ1n) is 4.21. The molecular formula is C10H14BrNO. The Balaban J connectivity index is 3.10. The van der Waals surface area contributed by atoms with Gasteiger partial charge in [-0.25, -0.2) is 0 Å². The first kappa shape index (κ1) is 10.7. The van der Waals surface area contributed by atoms with Gasteiger partial charge in [0, 0.05) is 21.8 Å². The summed E-state index contributed by atoms with van der Waals surface area (Å²) in [7, 11) is 0. The molecule has 1 aromatic heterocycles. The Labute approximate surface area is 87.1 Å². The first-order valence-corrected chi connectivity index (χ1v) is 5.00. The molecule has 0 spiro atoms. The Morgan fingerprint density at radius 3 is 2.62 bits per heavy atom. The monoisotopic (exact) mass is 243 g/mol. The maximum atomic E-state index is 9.16. The zero-order valence-corrected chi connectivity index (χ0v) is 9.72. The van der Waals surface area contributed by atoms with Gasteiger partial charge in [-0.05, 0) is 34.5 Å². The lowest BCUT2D eigenvalue weighted by molar-refractivity contribution is 0.215. The topological polar surface area (TPSA) is 33.1 Å². The Kier molecular flexibility index (Phi) is 3.09. The van der Waals surface area contributed by atoms with Gasteiger partial charge in [-0.15, -0.1) is 0 Å². The van der Waals surface area contributed by atoms with Crippen molar-refractivity contribution in [2.24, 2.45) is 0 Å². The maximum absolute atomic E-state index is 9.16. The number of aliphatic hydroxyl groups is 1. The molecule has 1 heterocycles. The van der Waals surface area contributed by atoms with Crippen molar-refractivity contribution in [1.29, 1.82) is 0 Å². The zero-order valence-electron chi connectivity index (χ0n) is 8.13. The lowest BCUT2D eigenvalue weighted by Gasteiger charge is -2.21. The zero-order chi connectivity index (χ0) is 10.1. The number of hydrogen-bond donors (Lipinski definition) is 1. The summed E-state index contributed by atoms with van der Waals surface area (Å²) in [6.07, 6.45) is 1.78. The summed E-state index contributed by atoms with van der Waals surface area (Å²) in [5, 5.41) is 9.16. The minimum Gasteiger partial charge on any atom is -0.395 e. The van der Waals surface area contributed by atoms with Gasteiger partial charge >= 0.3 is 0 Å². The van der Waals surface area contributed by atoms with Gasteiger partial charge in [0.15, 0.2) is 0 Å². The van der Waals surface area contributed by atoms with Gasteiger partial charge in [-0.3, -0.25) is 4.98 Å². The second kappa shape index (κ2) is 3.76. The first-order chi connectivity index (χ1) is 5.97. The van der Waals surface area contributed by atoms with E-state index in [0.29, 0.717) is 0 Å². The molecule has 1 aromatic rings. The maximum Gasteiger partial charge on any atom is 0.0537 e. The van der Waals surface area contributed by atoms with E-state index < -0.39 is 0 Å². The van der Waals surface area contributed by atoms with Crippen LogP contribution in [0, 0.1) is 6.92 Å². The lowest BCUT2D eigenvalue weighted by Crippen LogP contribution is -2.23. The van der Waals surface area contributed by atoms with Gasteiger partial charge < -0.3 is 5.11 Å². The van der Waals surface area contributed by atoms with Crippen molar-refractivity contribution >= 4 is 15.9 Å². The molecular weight excluding hydrogens is 230 g/mol. The minimum atomic E-state index is -0.258. The van der Waals surface area contributed by atoms with Gasteiger partial charge in [0.1, 0.15) is 0 Å². The van der Waals surface area contributed by atoms with E-state index in [4.69, 9.17) is 5.11 Å². The van der Waals surface area contributed by atoms with Crippen LogP contribution in [0.4, 0.5) is 0 Å². The Morgan fingerprint density at radius 1 is 1.54 bits per heavy atom. The highest BCUT2D eigenvalue weighted by molar-refractivity contribution is 9.10. The van der Waals surface area contributed by atoms with Crippen molar-refractivity contribution in [3.63, 3.8) is 0 Å². The number of aryl methyl sites for hydroxylation is 1. The van der Waals surface area contributed by atoms with Crippen molar-refractivity contribution in [3.05, 3.63) is 28.0 Å². The Bertz CT molecular complexity index is 310. The van der Waals surface area contributed by atoms with E-state index in [9.17, 15) is 0 Å². The second-order valence-corrected chi connectivity index (χ2v) is 4.72. The molecule has 72 valence electrons. The number of aromatic nitrogens is 1. The molecule has 0 unspecified atom stereocenters. The number of aliphatic hydroxyl groups excluding tert-OH is 1. The highest BCUT2D eigenvalue weighted by Gasteiger charge is 2.21. The van der Waals surface area contributed by atoms with E-state index in [1.54, 1.807) is 6.20 Å². The smallest absolute Gasteiger partial charge is 0.0537 e. The molecule has 3 heteroatoms. The van der Waals surface area contributed by atoms with Crippen LogP contribution in [-0.4, -0.2) is 16.7 Å². The van der Waals surface area contributed by atoms with Crippen LogP contribution >= 0.6 is 15.9 Å². The summed E-state index contributed by atoms with van der Waals surface area (Å²) >= 11 is 3.39. The normalized spacial score (nSPS) is 11.8. The van der Waals surface area contributed by atoms with Crippen molar-refractivity contribution in [1.82, 2.24) is 4.98 Å². The van der Waals surface area contributed by atoms with Crippen LogP contribution in [-0.2, 0) is 5.41 Å². The van der Waals surface area contributed by atoms with Crippen molar-refractivity contribution in [3.8, 4) is 0 Å². The quantitative estimate of drug-likeness (QED) is 0.866. The summed E-state index contributed by atoms with van der Waals surface area (Å²) in [5.41, 5.74) is 1.81. The van der Waals surface area contributed by atoms with E-state index in [0.717, 1.165) is 15.7 Å². The molecule has 0 amide bonds. The molecule has 1 N–H and O–H groups in total. The van der Waals surface area contributed by atoms with E-state index in [2.05, 4.69) is 20.9 Å². The minimum absolute atomic E-state index is 0.112. The van der Waals surface area contributed by atoms with E-state index >= 15 is 0 Å². The molecule has 0 aliphatic heterocycles. The summed E-state index contributed by atoms with van der Waals surface area (Å²) < 4.78 is 1.00. The fourth-order valence-corrected chi connectivity index (χ4v) is 1.21. The predicted molar refractivity (Wildman–Crippen MR) is 56.8 cm³/mol. The largest absolute Gasteiger partial charge is 0.395 e. The van der Waals surface area contributed by atoms with Crippen LogP contribution < -0.4 is 0 Å². The highest BCUT2D eigenvalue weighted by Crippen LogP contribution is 2.23. The van der Waals surface area contributed by atoms with E-state index in [-0.39, 0.29) is 12.0 Å².